The first-order chi connectivity index (χ1) is 20.4. The van der Waals surface area contributed by atoms with Crippen molar-refractivity contribution >= 4 is 17.7 Å². The third-order valence-electron chi connectivity index (χ3n) is 8.29. The van der Waals surface area contributed by atoms with Crippen molar-refractivity contribution in [1.82, 2.24) is 35.1 Å². The van der Waals surface area contributed by atoms with Crippen LogP contribution in [0.25, 0.3) is 0 Å². The van der Waals surface area contributed by atoms with Crippen LogP contribution in [0.4, 0.5) is 0 Å². The van der Waals surface area contributed by atoms with E-state index >= 15 is 0 Å². The number of nitrogens with one attached hydrogen (secondary N) is 1. The molecule has 222 valence electrons. The number of hydrogen-bond donors (Lipinski definition) is 1. The van der Waals surface area contributed by atoms with Gasteiger partial charge in [-0.1, -0.05) is 35.5 Å². The summed E-state index contributed by atoms with van der Waals surface area (Å²) in [6.45, 7) is 7.26. The van der Waals surface area contributed by atoms with Crippen LogP contribution < -0.4 is 10.1 Å². The van der Waals surface area contributed by atoms with E-state index in [0.29, 0.717) is 64.3 Å². The van der Waals surface area contributed by atoms with Crippen molar-refractivity contribution in [1.29, 1.82) is 0 Å². The molecule has 1 N–H and O–H groups in total. The molecule has 11 heteroatoms. The summed E-state index contributed by atoms with van der Waals surface area (Å²) in [7, 11) is 0. The second-order valence-electron chi connectivity index (χ2n) is 11.0. The van der Waals surface area contributed by atoms with E-state index in [1.54, 1.807) is 23.0 Å². The first-order valence-corrected chi connectivity index (χ1v) is 14.8. The molecule has 0 aliphatic carbocycles. The van der Waals surface area contributed by atoms with E-state index in [4.69, 9.17) is 4.74 Å². The Labute approximate surface area is 246 Å². The molecule has 5 rings (SSSR count). The van der Waals surface area contributed by atoms with E-state index in [1.165, 1.54) is 0 Å². The molecule has 4 heterocycles. The molecule has 2 aliphatic rings. The molecule has 2 bridgehead atoms. The summed E-state index contributed by atoms with van der Waals surface area (Å²) >= 11 is 0. The van der Waals surface area contributed by atoms with Gasteiger partial charge in [0.2, 0.25) is 17.7 Å². The number of hydrogen-bond acceptors (Lipinski definition) is 7. The van der Waals surface area contributed by atoms with Gasteiger partial charge in [-0.05, 0) is 56.2 Å². The molecule has 0 radical (unpaired) electrons. The largest absolute Gasteiger partial charge is 0.477 e. The molecule has 3 aromatic rings. The highest BCUT2D eigenvalue weighted by Gasteiger charge is 2.37. The molecule has 1 aromatic carbocycles. The maximum atomic E-state index is 14.0. The van der Waals surface area contributed by atoms with E-state index in [2.05, 4.69) is 20.6 Å². The number of rotatable bonds is 8. The number of carbonyl (C=O) groups is 3. The zero-order valence-corrected chi connectivity index (χ0v) is 24.3. The van der Waals surface area contributed by atoms with Gasteiger partial charge in [-0.2, -0.15) is 0 Å². The van der Waals surface area contributed by atoms with E-state index in [-0.39, 0.29) is 41.5 Å². The molecule has 0 saturated carbocycles. The molecule has 1 saturated heterocycles. The number of ether oxygens (including phenoxy) is 1. The number of amides is 3. The number of piperidine rings is 1. The third kappa shape index (κ3) is 6.95. The Bertz CT molecular complexity index is 1370. The number of nitrogens with zero attached hydrogens (tertiary/aromatic N) is 6. The van der Waals surface area contributed by atoms with E-state index in [0.717, 1.165) is 5.56 Å². The quantitative estimate of drug-likeness (QED) is 0.440. The molecule has 2 aromatic heterocycles. The lowest BCUT2D eigenvalue weighted by molar-refractivity contribution is -0.137. The van der Waals surface area contributed by atoms with Gasteiger partial charge in [-0.25, -0.2) is 9.67 Å². The van der Waals surface area contributed by atoms with Crippen LogP contribution in [-0.4, -0.2) is 86.3 Å². The number of pyridine rings is 1. The van der Waals surface area contributed by atoms with Gasteiger partial charge in [0, 0.05) is 51.4 Å². The van der Waals surface area contributed by atoms with Crippen LogP contribution in [0.15, 0.2) is 54.9 Å². The molecule has 2 aliphatic heterocycles. The monoisotopic (exact) mass is 573 g/mol. The predicted octanol–water partition coefficient (Wildman–Crippen LogP) is 2.57. The van der Waals surface area contributed by atoms with Crippen molar-refractivity contribution < 1.29 is 19.1 Å². The first-order valence-electron chi connectivity index (χ1n) is 14.8. The second-order valence-corrected chi connectivity index (χ2v) is 11.0. The highest BCUT2D eigenvalue weighted by molar-refractivity contribution is 5.99. The van der Waals surface area contributed by atoms with Crippen LogP contribution in [0.5, 0.6) is 5.88 Å². The Morgan fingerprint density at radius 1 is 1.10 bits per heavy atom. The van der Waals surface area contributed by atoms with Crippen LogP contribution in [0.1, 0.15) is 54.7 Å². The van der Waals surface area contributed by atoms with Crippen molar-refractivity contribution in [3.8, 4) is 5.88 Å². The van der Waals surface area contributed by atoms with Crippen molar-refractivity contribution in [2.75, 3.05) is 32.8 Å². The average molecular weight is 574 g/mol. The summed E-state index contributed by atoms with van der Waals surface area (Å²) in [4.78, 5) is 48.4. The maximum Gasteiger partial charge on any atom is 0.257 e. The Morgan fingerprint density at radius 3 is 2.69 bits per heavy atom. The van der Waals surface area contributed by atoms with Gasteiger partial charge in [0.1, 0.15) is 11.6 Å². The lowest BCUT2D eigenvalue weighted by atomic mass is 9.80. The van der Waals surface area contributed by atoms with Crippen LogP contribution in [0.2, 0.25) is 0 Å². The second kappa shape index (κ2) is 13.6. The van der Waals surface area contributed by atoms with Gasteiger partial charge in [-0.15, -0.1) is 5.10 Å². The first kappa shape index (κ1) is 29.2. The fourth-order valence-corrected chi connectivity index (χ4v) is 5.94. The SMILES string of the molecule is CCN(CC)C(=O)C[C@@H]1CCN2C[C@@H]1CCOc1ncccc1C(=O)N[C@H](Cc1cn(Cc3ccccc3)nn1)C2=O. The van der Waals surface area contributed by atoms with Crippen LogP contribution in [-0.2, 0) is 22.6 Å². The topological polar surface area (TPSA) is 123 Å². The molecular formula is C31H39N7O4. The van der Waals surface area contributed by atoms with Crippen molar-refractivity contribution in [2.24, 2.45) is 11.8 Å². The summed E-state index contributed by atoms with van der Waals surface area (Å²) in [5.74, 6) is 0.0163. The lowest BCUT2D eigenvalue weighted by Crippen LogP contribution is -2.54. The van der Waals surface area contributed by atoms with Crippen molar-refractivity contribution in [3.63, 3.8) is 0 Å². The van der Waals surface area contributed by atoms with Gasteiger partial charge in [0.25, 0.3) is 5.91 Å². The van der Waals surface area contributed by atoms with Gasteiger partial charge < -0.3 is 19.9 Å². The maximum absolute atomic E-state index is 14.0. The van der Waals surface area contributed by atoms with Crippen molar-refractivity contribution in [3.05, 3.63) is 71.7 Å². The Kier molecular flexibility index (Phi) is 9.45. The van der Waals surface area contributed by atoms with Gasteiger partial charge in [-0.3, -0.25) is 14.4 Å². The fraction of sp³-hybridized carbons (Fsp3) is 0.484. The summed E-state index contributed by atoms with van der Waals surface area (Å²) in [5, 5.41) is 11.5. The van der Waals surface area contributed by atoms with E-state index < -0.39 is 11.9 Å². The molecule has 0 unspecified atom stereocenters. The van der Waals surface area contributed by atoms with E-state index in [9.17, 15) is 14.4 Å². The highest BCUT2D eigenvalue weighted by atomic mass is 16.5. The van der Waals surface area contributed by atoms with Gasteiger partial charge in [0.05, 0.1) is 18.8 Å². The van der Waals surface area contributed by atoms with E-state index in [1.807, 2.05) is 60.2 Å². The highest BCUT2D eigenvalue weighted by Crippen LogP contribution is 2.31. The summed E-state index contributed by atoms with van der Waals surface area (Å²) in [6, 6.07) is 12.4. The molecule has 3 atom stereocenters. The molecule has 42 heavy (non-hydrogen) atoms. The minimum atomic E-state index is -0.846. The standard InChI is InChI=1S/C31H39N7O4/c1-3-36(4-2)28(39)17-23-12-15-37-20-24(23)13-16-42-30-26(11-8-14-32-30)29(40)33-27(31(37)41)18-25-21-38(35-34-25)19-22-9-6-5-7-10-22/h5-11,14,21,23-24,27H,3-4,12-13,15-20H2,1-2H3,(H,33,40)/t23-,24-,27+/m0/s1. The Hall–Kier alpha value is -4.28. The molecule has 3 amide bonds. The number of aromatic nitrogens is 4. The van der Waals surface area contributed by atoms with Gasteiger partial charge >= 0.3 is 0 Å². The zero-order chi connectivity index (χ0) is 29.5. The third-order valence-corrected chi connectivity index (χ3v) is 8.29. The molecule has 11 nitrogen and oxygen atoms in total. The number of benzene rings is 1. The smallest absolute Gasteiger partial charge is 0.257 e. The zero-order valence-electron chi connectivity index (χ0n) is 24.3. The Morgan fingerprint density at radius 2 is 1.90 bits per heavy atom. The van der Waals surface area contributed by atoms with Crippen LogP contribution >= 0.6 is 0 Å². The summed E-state index contributed by atoms with van der Waals surface area (Å²) < 4.78 is 7.74. The lowest BCUT2D eigenvalue weighted by Gasteiger charge is -2.40. The number of fused-ring (bicyclic) bond motifs is 3. The predicted molar refractivity (Wildman–Crippen MR) is 156 cm³/mol. The normalized spacial score (nSPS) is 20.9. The molecule has 0 spiro atoms. The summed E-state index contributed by atoms with van der Waals surface area (Å²) in [6.07, 6.45) is 5.41. The number of carbonyl (C=O) groups excluding carboxylic acids is 3. The Balaban J connectivity index is 1.38. The van der Waals surface area contributed by atoms with Crippen LogP contribution in [0, 0.1) is 11.8 Å². The van der Waals surface area contributed by atoms with Crippen LogP contribution in [0.3, 0.4) is 0 Å². The van der Waals surface area contributed by atoms with Gasteiger partial charge in [0.15, 0.2) is 0 Å². The summed E-state index contributed by atoms with van der Waals surface area (Å²) in [5.41, 5.74) is 1.97. The average Bonchev–Trinajstić information content (AvgIpc) is 3.44. The van der Waals surface area contributed by atoms with Crippen molar-refractivity contribution in [2.45, 2.75) is 52.1 Å². The minimum absolute atomic E-state index is 0.0805. The fourth-order valence-electron chi connectivity index (χ4n) is 5.94. The molecule has 1 fully saturated rings. The molecular weight excluding hydrogens is 534 g/mol. The minimum Gasteiger partial charge on any atom is -0.477 e.